The van der Waals surface area contributed by atoms with E-state index in [4.69, 9.17) is 5.14 Å². The van der Waals surface area contributed by atoms with Crippen LogP contribution in [-0.2, 0) is 21.4 Å². The third-order valence-electron chi connectivity index (χ3n) is 4.80. The van der Waals surface area contributed by atoms with Crippen molar-refractivity contribution < 1.29 is 13.2 Å². The molecule has 1 spiro atoms. The fourth-order valence-corrected chi connectivity index (χ4v) is 3.92. The zero-order valence-electron chi connectivity index (χ0n) is 12.3. The average Bonchev–Trinajstić information content (AvgIpc) is 3.18. The molecule has 1 aliphatic heterocycles. The van der Waals surface area contributed by atoms with E-state index in [-0.39, 0.29) is 22.1 Å². The Kier molecular flexibility index (Phi) is 3.96. The lowest BCUT2D eigenvalue weighted by atomic mass is 9.92. The maximum absolute atomic E-state index is 12.3. The van der Waals surface area contributed by atoms with Crippen molar-refractivity contribution in [1.29, 1.82) is 0 Å². The molecular formula is C15H21N3O3S. The topological polar surface area (TPSA) is 101 Å². The number of nitrogens with one attached hydrogen (secondary N) is 2. The van der Waals surface area contributed by atoms with E-state index < -0.39 is 10.0 Å². The van der Waals surface area contributed by atoms with Gasteiger partial charge in [-0.25, -0.2) is 13.6 Å². The van der Waals surface area contributed by atoms with E-state index >= 15 is 0 Å². The molecule has 1 saturated heterocycles. The summed E-state index contributed by atoms with van der Waals surface area (Å²) in [5, 5.41) is 11.3. The highest BCUT2D eigenvalue weighted by Gasteiger charge is 2.57. The molecule has 1 atom stereocenters. The van der Waals surface area contributed by atoms with Crippen LogP contribution in [0, 0.1) is 11.3 Å². The largest absolute Gasteiger partial charge is 0.352 e. The minimum Gasteiger partial charge on any atom is -0.352 e. The highest BCUT2D eigenvalue weighted by atomic mass is 32.2. The van der Waals surface area contributed by atoms with E-state index in [1.165, 1.54) is 12.1 Å². The van der Waals surface area contributed by atoms with Crippen molar-refractivity contribution in [2.45, 2.75) is 30.7 Å². The second-order valence-electron chi connectivity index (χ2n) is 6.28. The molecule has 0 bridgehead atoms. The van der Waals surface area contributed by atoms with Crippen molar-refractivity contribution in [1.82, 2.24) is 10.6 Å². The number of hydrogen-bond acceptors (Lipinski definition) is 4. The molecule has 2 fully saturated rings. The summed E-state index contributed by atoms with van der Waals surface area (Å²) < 4.78 is 22.7. The van der Waals surface area contributed by atoms with Gasteiger partial charge in [-0.3, -0.25) is 4.79 Å². The summed E-state index contributed by atoms with van der Waals surface area (Å²) in [5.74, 6) is 0.180. The van der Waals surface area contributed by atoms with Gasteiger partial charge in [-0.05, 0) is 55.5 Å². The number of sulfonamides is 1. The van der Waals surface area contributed by atoms with Gasteiger partial charge in [-0.1, -0.05) is 12.1 Å². The molecule has 0 radical (unpaired) electrons. The molecule has 1 unspecified atom stereocenters. The minimum absolute atomic E-state index is 0.0699. The molecule has 22 heavy (non-hydrogen) atoms. The molecule has 1 heterocycles. The van der Waals surface area contributed by atoms with Gasteiger partial charge in [-0.15, -0.1) is 0 Å². The van der Waals surface area contributed by atoms with Crippen molar-refractivity contribution in [3.05, 3.63) is 29.8 Å². The summed E-state index contributed by atoms with van der Waals surface area (Å²) in [5.41, 5.74) is 0.942. The first-order valence-corrected chi connectivity index (χ1v) is 9.06. The van der Waals surface area contributed by atoms with Crippen molar-refractivity contribution in [2.75, 3.05) is 13.1 Å². The van der Waals surface area contributed by atoms with Crippen LogP contribution in [-0.4, -0.2) is 27.4 Å². The monoisotopic (exact) mass is 323 g/mol. The van der Waals surface area contributed by atoms with Crippen molar-refractivity contribution in [3.8, 4) is 0 Å². The van der Waals surface area contributed by atoms with E-state index in [9.17, 15) is 13.2 Å². The molecule has 3 rings (SSSR count). The van der Waals surface area contributed by atoms with E-state index in [1.54, 1.807) is 12.1 Å². The third kappa shape index (κ3) is 3.16. The van der Waals surface area contributed by atoms with Gasteiger partial charge in [-0.2, -0.15) is 0 Å². The number of piperidine rings is 1. The lowest BCUT2D eigenvalue weighted by molar-refractivity contribution is -0.123. The third-order valence-corrected chi connectivity index (χ3v) is 5.71. The summed E-state index contributed by atoms with van der Waals surface area (Å²) in [7, 11) is -3.71. The number of benzene rings is 1. The van der Waals surface area contributed by atoms with Crippen LogP contribution in [0.4, 0.5) is 0 Å². The highest BCUT2D eigenvalue weighted by Crippen LogP contribution is 2.58. The summed E-state index contributed by atoms with van der Waals surface area (Å²) in [6.07, 6.45) is 3.09. The molecule has 1 amide bonds. The molecule has 1 saturated carbocycles. The smallest absolute Gasteiger partial charge is 0.238 e. The Labute approximate surface area is 130 Å². The second kappa shape index (κ2) is 5.64. The summed E-state index contributed by atoms with van der Waals surface area (Å²) >= 11 is 0. The maximum Gasteiger partial charge on any atom is 0.238 e. The van der Waals surface area contributed by atoms with E-state index in [0.29, 0.717) is 6.54 Å². The number of carbonyl (C=O) groups is 1. The maximum atomic E-state index is 12.3. The first kappa shape index (κ1) is 15.5. The number of rotatable bonds is 4. The van der Waals surface area contributed by atoms with Gasteiger partial charge in [0.15, 0.2) is 0 Å². The van der Waals surface area contributed by atoms with Crippen LogP contribution in [0.2, 0.25) is 0 Å². The zero-order valence-corrected chi connectivity index (χ0v) is 13.2. The Morgan fingerprint density at radius 1 is 1.36 bits per heavy atom. The number of nitrogens with two attached hydrogens (primary N) is 1. The zero-order chi connectivity index (χ0) is 15.8. The van der Waals surface area contributed by atoms with Crippen LogP contribution in [0.1, 0.15) is 24.8 Å². The van der Waals surface area contributed by atoms with Crippen LogP contribution < -0.4 is 15.8 Å². The standard InChI is InChI=1S/C15H21N3O3S/c16-22(20,21)12-3-1-2-11(8-12)10-18-14(19)13-9-15(13)4-6-17-7-5-15/h1-3,8,13,17H,4-7,9-10H2,(H,18,19)(H2,16,20,21). The van der Waals surface area contributed by atoms with Crippen LogP contribution in [0.5, 0.6) is 0 Å². The molecule has 1 aromatic carbocycles. The number of carbonyl (C=O) groups excluding carboxylic acids is 1. The van der Waals surface area contributed by atoms with Crippen LogP contribution in [0.25, 0.3) is 0 Å². The molecule has 0 aromatic heterocycles. The summed E-state index contributed by atoms with van der Waals surface area (Å²) in [6.45, 7) is 2.30. The van der Waals surface area contributed by atoms with Crippen molar-refractivity contribution >= 4 is 15.9 Å². The highest BCUT2D eigenvalue weighted by molar-refractivity contribution is 7.89. The molecule has 1 aliphatic carbocycles. The first-order valence-electron chi connectivity index (χ1n) is 7.51. The molecule has 6 nitrogen and oxygen atoms in total. The number of amides is 1. The summed E-state index contributed by atoms with van der Waals surface area (Å²) in [6, 6.07) is 6.36. The SMILES string of the molecule is NS(=O)(=O)c1cccc(CNC(=O)C2CC23CCNCC3)c1. The Bertz CT molecular complexity index is 681. The fourth-order valence-electron chi connectivity index (χ4n) is 3.34. The van der Waals surface area contributed by atoms with Gasteiger partial charge in [0.25, 0.3) is 0 Å². The normalized spacial score (nSPS) is 23.2. The molecule has 1 aromatic rings. The van der Waals surface area contributed by atoms with Crippen LogP contribution in [0.3, 0.4) is 0 Å². The molecule has 4 N–H and O–H groups in total. The summed E-state index contributed by atoms with van der Waals surface area (Å²) in [4.78, 5) is 12.3. The van der Waals surface area contributed by atoms with Crippen LogP contribution in [0.15, 0.2) is 29.2 Å². The predicted molar refractivity (Wildman–Crippen MR) is 82.3 cm³/mol. The van der Waals surface area contributed by atoms with E-state index in [2.05, 4.69) is 10.6 Å². The lowest BCUT2D eigenvalue weighted by Gasteiger charge is -2.23. The van der Waals surface area contributed by atoms with Crippen molar-refractivity contribution in [3.63, 3.8) is 0 Å². The Morgan fingerprint density at radius 2 is 2.09 bits per heavy atom. The Morgan fingerprint density at radius 3 is 2.77 bits per heavy atom. The van der Waals surface area contributed by atoms with Crippen LogP contribution >= 0.6 is 0 Å². The van der Waals surface area contributed by atoms with Gasteiger partial charge in [0.05, 0.1) is 4.90 Å². The van der Waals surface area contributed by atoms with E-state index in [1.807, 2.05) is 0 Å². The fraction of sp³-hybridized carbons (Fsp3) is 0.533. The minimum atomic E-state index is -3.71. The molecule has 2 aliphatic rings. The second-order valence-corrected chi connectivity index (χ2v) is 7.84. The molecular weight excluding hydrogens is 302 g/mol. The number of primary sulfonamides is 1. The van der Waals surface area contributed by atoms with Gasteiger partial charge in [0.1, 0.15) is 0 Å². The van der Waals surface area contributed by atoms with Crippen molar-refractivity contribution in [2.24, 2.45) is 16.5 Å². The van der Waals surface area contributed by atoms with Gasteiger partial charge >= 0.3 is 0 Å². The Hall–Kier alpha value is -1.44. The van der Waals surface area contributed by atoms with Gasteiger partial charge in [0.2, 0.25) is 15.9 Å². The Balaban J connectivity index is 1.58. The molecule has 7 heteroatoms. The van der Waals surface area contributed by atoms with Gasteiger partial charge < -0.3 is 10.6 Å². The lowest BCUT2D eigenvalue weighted by Crippen LogP contribution is -2.33. The molecule has 120 valence electrons. The average molecular weight is 323 g/mol. The quantitative estimate of drug-likeness (QED) is 0.743. The first-order chi connectivity index (χ1) is 10.4. The predicted octanol–water partition coefficient (Wildman–Crippen LogP) is 0.340. The van der Waals surface area contributed by atoms with E-state index in [0.717, 1.165) is 37.9 Å². The van der Waals surface area contributed by atoms with Gasteiger partial charge in [0, 0.05) is 12.5 Å². The number of hydrogen-bond donors (Lipinski definition) is 3.